The molecule has 2 N–H and O–H groups in total. The molecule has 0 saturated heterocycles. The summed E-state index contributed by atoms with van der Waals surface area (Å²) < 4.78 is 10.5. The topological polar surface area (TPSA) is 43.1 Å². The van der Waals surface area contributed by atoms with Gasteiger partial charge in [-0.05, 0) is 11.6 Å². The van der Waals surface area contributed by atoms with Crippen LogP contribution in [-0.2, 0) is 4.46 Å². The van der Waals surface area contributed by atoms with Crippen LogP contribution in [-0.4, -0.2) is 8.84 Å². The first-order chi connectivity index (χ1) is 3.80. The normalized spacial score (nSPS) is 16.2. The molecular formula is C5H7NOSi. The predicted octanol–water partition coefficient (Wildman–Crippen LogP) is 0.289. The van der Waals surface area contributed by atoms with Gasteiger partial charge in [-0.25, -0.2) is 0 Å². The summed E-state index contributed by atoms with van der Waals surface area (Å²) in [6, 6.07) is 0. The van der Waals surface area contributed by atoms with E-state index in [1.165, 1.54) is 0 Å². The van der Waals surface area contributed by atoms with E-state index in [1.807, 2.05) is 18.2 Å². The number of hydrogen-bond donors (Lipinski definition) is 1. The summed E-state index contributed by atoms with van der Waals surface area (Å²) in [6.07, 6.45) is 6.44. The van der Waals surface area contributed by atoms with Crippen LogP contribution in [0.25, 0.3) is 0 Å². The largest absolute Gasteiger partial charge is 0.421 e. The standard InChI is InChI=1S/C5H7NOSi/c6-8(7)5-3-1-2-4-5/h1-3H,4,6H2. The van der Waals surface area contributed by atoms with E-state index in [4.69, 9.17) is 5.40 Å². The van der Waals surface area contributed by atoms with E-state index >= 15 is 0 Å². The minimum Gasteiger partial charge on any atom is -0.400 e. The Hall–Kier alpha value is -0.703. The van der Waals surface area contributed by atoms with E-state index in [2.05, 4.69) is 0 Å². The lowest BCUT2D eigenvalue weighted by molar-refractivity contribution is 0.566. The molecule has 42 valence electrons. The van der Waals surface area contributed by atoms with Crippen molar-refractivity contribution < 1.29 is 4.46 Å². The molecule has 1 aliphatic rings. The molecule has 0 aromatic heterocycles. The van der Waals surface area contributed by atoms with Gasteiger partial charge in [-0.15, -0.1) is 0 Å². The molecule has 0 atom stereocenters. The quantitative estimate of drug-likeness (QED) is 0.512. The lowest BCUT2D eigenvalue weighted by Crippen LogP contribution is -2.15. The zero-order chi connectivity index (χ0) is 5.98. The van der Waals surface area contributed by atoms with Crippen LogP contribution in [0.1, 0.15) is 6.42 Å². The third kappa shape index (κ3) is 0.922. The summed E-state index contributed by atoms with van der Waals surface area (Å²) in [6.45, 7) is 0. The molecule has 0 aromatic carbocycles. The van der Waals surface area contributed by atoms with E-state index in [1.54, 1.807) is 0 Å². The summed E-state index contributed by atoms with van der Waals surface area (Å²) >= 11 is 0. The minimum absolute atomic E-state index is 0.786. The highest BCUT2D eigenvalue weighted by molar-refractivity contribution is 6.48. The van der Waals surface area contributed by atoms with Gasteiger partial charge < -0.3 is 9.86 Å². The maximum Gasteiger partial charge on any atom is 0.421 e. The predicted molar refractivity (Wildman–Crippen MR) is 32.5 cm³/mol. The van der Waals surface area contributed by atoms with Gasteiger partial charge in [0.15, 0.2) is 0 Å². The maximum absolute atomic E-state index is 10.5. The van der Waals surface area contributed by atoms with Gasteiger partial charge in [0.05, 0.1) is 0 Å². The van der Waals surface area contributed by atoms with Crippen LogP contribution < -0.4 is 5.40 Å². The van der Waals surface area contributed by atoms with Crippen molar-refractivity contribution in [3.8, 4) is 0 Å². The third-order valence-electron chi connectivity index (χ3n) is 1.09. The molecule has 0 bridgehead atoms. The van der Waals surface area contributed by atoms with Crippen molar-refractivity contribution in [3.05, 3.63) is 23.4 Å². The molecule has 0 saturated carbocycles. The summed E-state index contributed by atoms with van der Waals surface area (Å²) in [5.41, 5.74) is 0. The van der Waals surface area contributed by atoms with E-state index in [9.17, 15) is 4.46 Å². The highest BCUT2D eigenvalue weighted by atomic mass is 28.3. The molecule has 0 aliphatic heterocycles. The second-order valence-electron chi connectivity index (χ2n) is 1.69. The number of allylic oxidation sites excluding steroid dienone is 4. The van der Waals surface area contributed by atoms with E-state index in [0.29, 0.717) is 0 Å². The Labute approximate surface area is 49.4 Å². The molecule has 0 spiro atoms. The minimum atomic E-state index is -1.86. The fourth-order valence-corrected chi connectivity index (χ4v) is 1.21. The molecule has 0 fully saturated rings. The van der Waals surface area contributed by atoms with Gasteiger partial charge in [-0.3, -0.25) is 0 Å². The van der Waals surface area contributed by atoms with Crippen molar-refractivity contribution >= 4 is 8.84 Å². The fraction of sp³-hybridized carbons (Fsp3) is 0.200. The molecule has 0 unspecified atom stereocenters. The lowest BCUT2D eigenvalue weighted by Gasteiger charge is -1.86. The molecule has 0 amide bonds. The molecule has 1 aliphatic carbocycles. The second-order valence-corrected chi connectivity index (χ2v) is 3.06. The van der Waals surface area contributed by atoms with Crippen molar-refractivity contribution in [2.75, 3.05) is 0 Å². The smallest absolute Gasteiger partial charge is 0.400 e. The molecule has 2 nitrogen and oxygen atoms in total. The first-order valence-electron chi connectivity index (χ1n) is 2.46. The highest BCUT2D eigenvalue weighted by Crippen LogP contribution is 2.07. The Balaban J connectivity index is 2.64. The van der Waals surface area contributed by atoms with Crippen molar-refractivity contribution in [1.29, 1.82) is 0 Å². The number of hydrogen-bond acceptors (Lipinski definition) is 1. The summed E-state index contributed by atoms with van der Waals surface area (Å²) in [7, 11) is -1.86. The van der Waals surface area contributed by atoms with Gasteiger partial charge in [0.2, 0.25) is 0 Å². The van der Waals surface area contributed by atoms with E-state index < -0.39 is 8.84 Å². The van der Waals surface area contributed by atoms with Crippen LogP contribution in [0.4, 0.5) is 0 Å². The Bertz CT molecular complexity index is 171. The van der Waals surface area contributed by atoms with Crippen LogP contribution in [0.15, 0.2) is 23.4 Å². The molecule has 1 rings (SSSR count). The van der Waals surface area contributed by atoms with Crippen LogP contribution >= 0.6 is 0 Å². The molecular weight excluding hydrogens is 118 g/mol. The first-order valence-corrected chi connectivity index (χ1v) is 3.95. The summed E-state index contributed by atoms with van der Waals surface area (Å²) in [5, 5.41) is 6.02. The van der Waals surface area contributed by atoms with Crippen molar-refractivity contribution in [2.24, 2.45) is 5.40 Å². The SMILES string of the molecule is N[Si](=O)C1=CC=CC1. The van der Waals surface area contributed by atoms with Gasteiger partial charge in [-0.2, -0.15) is 0 Å². The van der Waals surface area contributed by atoms with Crippen LogP contribution in [0.5, 0.6) is 0 Å². The highest BCUT2D eigenvalue weighted by Gasteiger charge is 2.06. The van der Waals surface area contributed by atoms with Crippen molar-refractivity contribution in [3.63, 3.8) is 0 Å². The summed E-state index contributed by atoms with van der Waals surface area (Å²) in [5.74, 6) is 0. The van der Waals surface area contributed by atoms with E-state index in [0.717, 1.165) is 11.6 Å². The van der Waals surface area contributed by atoms with E-state index in [-0.39, 0.29) is 0 Å². The van der Waals surface area contributed by atoms with Gasteiger partial charge in [0.25, 0.3) is 0 Å². The molecule has 8 heavy (non-hydrogen) atoms. The molecule has 0 heterocycles. The fourth-order valence-electron chi connectivity index (χ4n) is 0.630. The molecule has 0 aromatic rings. The maximum atomic E-state index is 10.5. The Morgan fingerprint density at radius 3 is 2.75 bits per heavy atom. The van der Waals surface area contributed by atoms with Crippen LogP contribution in [0, 0.1) is 0 Å². The van der Waals surface area contributed by atoms with Gasteiger partial charge >= 0.3 is 8.84 Å². The third-order valence-corrected chi connectivity index (χ3v) is 2.09. The van der Waals surface area contributed by atoms with Gasteiger partial charge in [0.1, 0.15) is 0 Å². The first kappa shape index (κ1) is 5.43. The van der Waals surface area contributed by atoms with Crippen LogP contribution in [0.2, 0.25) is 0 Å². The van der Waals surface area contributed by atoms with Crippen molar-refractivity contribution in [2.45, 2.75) is 6.42 Å². The number of rotatable bonds is 1. The zero-order valence-electron chi connectivity index (χ0n) is 4.42. The summed E-state index contributed by atoms with van der Waals surface area (Å²) in [4.78, 5) is 0. The Kier molecular flexibility index (Phi) is 1.39. The Morgan fingerprint density at radius 1 is 1.75 bits per heavy atom. The zero-order valence-corrected chi connectivity index (χ0v) is 5.42. The lowest BCUT2D eigenvalue weighted by atomic mass is 10.5. The van der Waals surface area contributed by atoms with Gasteiger partial charge in [-0.1, -0.05) is 18.2 Å². The Morgan fingerprint density at radius 2 is 2.50 bits per heavy atom. The molecule has 3 heteroatoms. The second kappa shape index (κ2) is 2.04. The number of nitrogens with two attached hydrogens (primary N) is 1. The van der Waals surface area contributed by atoms with Crippen LogP contribution in [0.3, 0.4) is 0 Å². The van der Waals surface area contributed by atoms with Crippen molar-refractivity contribution in [1.82, 2.24) is 0 Å². The average Bonchev–Trinajstić information content (AvgIpc) is 2.12. The van der Waals surface area contributed by atoms with Gasteiger partial charge in [0, 0.05) is 0 Å². The molecule has 0 radical (unpaired) electrons. The monoisotopic (exact) mass is 125 g/mol. The average molecular weight is 125 g/mol.